The molecule has 0 aromatic heterocycles. The van der Waals surface area contributed by atoms with Gasteiger partial charge in [0.2, 0.25) is 0 Å². The molecule has 0 saturated carbocycles. The first-order valence-corrected chi connectivity index (χ1v) is 7.47. The zero-order valence-electron chi connectivity index (χ0n) is 13.9. The van der Waals surface area contributed by atoms with Crippen LogP contribution in [-0.4, -0.2) is 32.3 Å². The fraction of sp³-hybridized carbons (Fsp3) is 0.647. The van der Waals surface area contributed by atoms with Gasteiger partial charge in [0, 0.05) is 31.4 Å². The molecular weight excluding hydrogens is 248 g/mol. The molecule has 1 aromatic rings. The Morgan fingerprint density at radius 2 is 1.95 bits per heavy atom. The van der Waals surface area contributed by atoms with E-state index < -0.39 is 0 Å². The van der Waals surface area contributed by atoms with E-state index in [2.05, 4.69) is 50.0 Å². The van der Waals surface area contributed by atoms with Gasteiger partial charge in [-0.3, -0.25) is 0 Å². The highest BCUT2D eigenvalue weighted by Gasteiger charge is 2.09. The van der Waals surface area contributed by atoms with Gasteiger partial charge in [-0.1, -0.05) is 6.07 Å². The molecule has 0 bridgehead atoms. The summed E-state index contributed by atoms with van der Waals surface area (Å²) in [5.74, 6) is 0.951. The Labute approximate surface area is 124 Å². The normalized spacial score (nSPS) is 13.1. The molecule has 0 aliphatic carbocycles. The zero-order valence-corrected chi connectivity index (χ0v) is 13.9. The average molecular weight is 278 g/mol. The average Bonchev–Trinajstić information content (AvgIpc) is 2.34. The highest BCUT2D eigenvalue weighted by molar-refractivity contribution is 5.49. The lowest BCUT2D eigenvalue weighted by Crippen LogP contribution is -2.36. The predicted octanol–water partition coefficient (Wildman–Crippen LogP) is 3.69. The Hall–Kier alpha value is -1.22. The van der Waals surface area contributed by atoms with E-state index >= 15 is 0 Å². The van der Waals surface area contributed by atoms with Gasteiger partial charge < -0.3 is 15.0 Å². The van der Waals surface area contributed by atoms with E-state index in [0.29, 0.717) is 0 Å². The highest BCUT2D eigenvalue weighted by Crippen LogP contribution is 2.21. The quantitative estimate of drug-likeness (QED) is 0.770. The standard InChI is InChI=1S/C17H30N2O/c1-14(9-8-12-18-17(2,3)4)20-16-11-7-10-15(13-16)19(5)6/h7,10-11,13-14,18H,8-9,12H2,1-6H3. The van der Waals surface area contributed by atoms with Crippen molar-refractivity contribution in [2.24, 2.45) is 0 Å². The fourth-order valence-corrected chi connectivity index (χ4v) is 1.98. The third kappa shape index (κ3) is 6.80. The second-order valence-corrected chi connectivity index (χ2v) is 6.64. The van der Waals surface area contributed by atoms with Gasteiger partial charge in [0.1, 0.15) is 5.75 Å². The smallest absolute Gasteiger partial charge is 0.121 e. The summed E-state index contributed by atoms with van der Waals surface area (Å²) < 4.78 is 5.98. The Morgan fingerprint density at radius 1 is 1.25 bits per heavy atom. The number of rotatable bonds is 7. The molecule has 3 nitrogen and oxygen atoms in total. The van der Waals surface area contributed by atoms with E-state index in [4.69, 9.17) is 4.74 Å². The third-order valence-corrected chi connectivity index (χ3v) is 3.11. The topological polar surface area (TPSA) is 24.5 Å². The van der Waals surface area contributed by atoms with E-state index in [1.807, 2.05) is 26.2 Å². The Morgan fingerprint density at radius 3 is 2.55 bits per heavy atom. The first-order valence-electron chi connectivity index (χ1n) is 7.47. The molecule has 1 unspecified atom stereocenters. The van der Waals surface area contributed by atoms with E-state index in [0.717, 1.165) is 25.1 Å². The van der Waals surface area contributed by atoms with Crippen molar-refractivity contribution >= 4 is 5.69 Å². The predicted molar refractivity (Wildman–Crippen MR) is 87.8 cm³/mol. The maximum absolute atomic E-state index is 5.98. The molecule has 114 valence electrons. The van der Waals surface area contributed by atoms with Crippen molar-refractivity contribution in [1.29, 1.82) is 0 Å². The monoisotopic (exact) mass is 278 g/mol. The molecule has 0 aliphatic heterocycles. The fourth-order valence-electron chi connectivity index (χ4n) is 1.98. The lowest BCUT2D eigenvalue weighted by atomic mass is 10.1. The summed E-state index contributed by atoms with van der Waals surface area (Å²) in [5.41, 5.74) is 1.37. The molecule has 3 heteroatoms. The SMILES string of the molecule is CC(CCCNC(C)(C)C)Oc1cccc(N(C)C)c1. The molecule has 0 saturated heterocycles. The van der Waals surface area contributed by atoms with Crippen molar-refractivity contribution in [3.8, 4) is 5.75 Å². The van der Waals surface area contributed by atoms with E-state index in [1.165, 1.54) is 5.69 Å². The second kappa shape index (κ2) is 7.53. The number of anilines is 1. The molecule has 0 amide bonds. The van der Waals surface area contributed by atoms with Gasteiger partial charge in [-0.05, 0) is 59.2 Å². The van der Waals surface area contributed by atoms with Crippen molar-refractivity contribution in [3.05, 3.63) is 24.3 Å². The molecule has 20 heavy (non-hydrogen) atoms. The first-order chi connectivity index (χ1) is 9.28. The number of hydrogen-bond acceptors (Lipinski definition) is 3. The number of benzene rings is 1. The molecule has 0 aliphatic rings. The molecular formula is C17H30N2O. The summed E-state index contributed by atoms with van der Waals surface area (Å²) in [4.78, 5) is 2.09. The highest BCUT2D eigenvalue weighted by atomic mass is 16.5. The molecule has 0 radical (unpaired) electrons. The molecule has 1 N–H and O–H groups in total. The van der Waals surface area contributed by atoms with Crippen LogP contribution in [0.2, 0.25) is 0 Å². The second-order valence-electron chi connectivity index (χ2n) is 6.64. The number of hydrogen-bond donors (Lipinski definition) is 1. The van der Waals surface area contributed by atoms with Crippen LogP contribution in [0.3, 0.4) is 0 Å². The summed E-state index contributed by atoms with van der Waals surface area (Å²) >= 11 is 0. The van der Waals surface area contributed by atoms with Gasteiger partial charge in [-0.2, -0.15) is 0 Å². The minimum absolute atomic E-state index is 0.199. The van der Waals surface area contributed by atoms with Crippen LogP contribution in [0.5, 0.6) is 5.75 Å². The minimum atomic E-state index is 0.199. The van der Waals surface area contributed by atoms with Gasteiger partial charge in [0.15, 0.2) is 0 Å². The molecule has 0 spiro atoms. The van der Waals surface area contributed by atoms with Crippen LogP contribution in [0, 0.1) is 0 Å². The number of nitrogens with zero attached hydrogens (tertiary/aromatic N) is 1. The lowest BCUT2D eigenvalue weighted by molar-refractivity contribution is 0.206. The van der Waals surface area contributed by atoms with Crippen molar-refractivity contribution in [2.75, 3.05) is 25.5 Å². The van der Waals surface area contributed by atoms with Crippen LogP contribution >= 0.6 is 0 Å². The lowest BCUT2D eigenvalue weighted by Gasteiger charge is -2.21. The van der Waals surface area contributed by atoms with Gasteiger partial charge in [0.25, 0.3) is 0 Å². The molecule has 1 rings (SSSR count). The van der Waals surface area contributed by atoms with Crippen molar-refractivity contribution in [2.45, 2.75) is 52.2 Å². The Balaban J connectivity index is 2.35. The minimum Gasteiger partial charge on any atom is -0.491 e. The maximum Gasteiger partial charge on any atom is 0.121 e. The molecule has 1 atom stereocenters. The van der Waals surface area contributed by atoms with E-state index in [9.17, 15) is 0 Å². The van der Waals surface area contributed by atoms with Crippen LogP contribution in [0.1, 0.15) is 40.5 Å². The van der Waals surface area contributed by atoms with Crippen LogP contribution in [0.15, 0.2) is 24.3 Å². The van der Waals surface area contributed by atoms with Crippen LogP contribution in [0.4, 0.5) is 5.69 Å². The molecule has 1 aromatic carbocycles. The summed E-state index contributed by atoms with van der Waals surface area (Å²) in [7, 11) is 4.08. The van der Waals surface area contributed by atoms with Gasteiger partial charge in [0.05, 0.1) is 6.10 Å². The van der Waals surface area contributed by atoms with Gasteiger partial charge >= 0.3 is 0 Å². The maximum atomic E-state index is 5.98. The van der Waals surface area contributed by atoms with Crippen molar-refractivity contribution < 1.29 is 4.74 Å². The Kier molecular flexibility index (Phi) is 6.34. The largest absolute Gasteiger partial charge is 0.491 e. The molecule has 0 fully saturated rings. The van der Waals surface area contributed by atoms with Crippen LogP contribution in [0.25, 0.3) is 0 Å². The third-order valence-electron chi connectivity index (χ3n) is 3.11. The first kappa shape index (κ1) is 16.8. The van der Waals surface area contributed by atoms with Gasteiger partial charge in [-0.15, -0.1) is 0 Å². The van der Waals surface area contributed by atoms with Crippen molar-refractivity contribution in [1.82, 2.24) is 5.32 Å². The number of ether oxygens (including phenoxy) is 1. The molecule has 0 heterocycles. The summed E-state index contributed by atoms with van der Waals surface area (Å²) in [6, 6.07) is 8.24. The van der Waals surface area contributed by atoms with Crippen LogP contribution < -0.4 is 15.0 Å². The van der Waals surface area contributed by atoms with Crippen molar-refractivity contribution in [3.63, 3.8) is 0 Å². The van der Waals surface area contributed by atoms with E-state index in [-0.39, 0.29) is 11.6 Å². The summed E-state index contributed by atoms with van der Waals surface area (Å²) in [6.07, 6.45) is 2.44. The van der Waals surface area contributed by atoms with Crippen LogP contribution in [-0.2, 0) is 0 Å². The Bertz CT molecular complexity index is 396. The van der Waals surface area contributed by atoms with Gasteiger partial charge in [-0.25, -0.2) is 0 Å². The van der Waals surface area contributed by atoms with E-state index in [1.54, 1.807) is 0 Å². The zero-order chi connectivity index (χ0) is 15.2. The summed E-state index contributed by atoms with van der Waals surface area (Å²) in [6.45, 7) is 9.76. The summed E-state index contributed by atoms with van der Waals surface area (Å²) in [5, 5.41) is 3.50. The number of nitrogens with one attached hydrogen (secondary N) is 1.